The maximum atomic E-state index is 13.0. The third-order valence-corrected chi connectivity index (χ3v) is 2.19. The van der Waals surface area contributed by atoms with E-state index in [0.717, 1.165) is 0 Å². The number of amides is 1. The molecule has 0 saturated heterocycles. The summed E-state index contributed by atoms with van der Waals surface area (Å²) in [7, 11) is 0. The van der Waals surface area contributed by atoms with Gasteiger partial charge in [0.05, 0.1) is 5.69 Å². The minimum atomic E-state index is -0.554. The summed E-state index contributed by atoms with van der Waals surface area (Å²) in [6.45, 7) is 0. The summed E-state index contributed by atoms with van der Waals surface area (Å²) >= 11 is 0. The van der Waals surface area contributed by atoms with Gasteiger partial charge in [-0.2, -0.15) is 0 Å². The maximum absolute atomic E-state index is 13.0. The Morgan fingerprint density at radius 3 is 2.69 bits per heavy atom. The fraction of sp³-hybridized carbons (Fsp3) is 0. The lowest BCUT2D eigenvalue weighted by Gasteiger charge is -2.05. The molecular weight excluding hydrogens is 207 g/mol. The topological polar surface area (TPSA) is 56.0 Å². The molecular formula is C12H9FN2O. The Balaban J connectivity index is 2.60. The number of pyridine rings is 1. The summed E-state index contributed by atoms with van der Waals surface area (Å²) in [6.07, 6.45) is 1.35. The monoisotopic (exact) mass is 216 g/mol. The first kappa shape index (κ1) is 10.3. The number of nitrogens with two attached hydrogens (primary N) is 1. The van der Waals surface area contributed by atoms with Crippen LogP contribution in [0.4, 0.5) is 4.39 Å². The van der Waals surface area contributed by atoms with E-state index in [1.807, 2.05) is 0 Å². The van der Waals surface area contributed by atoms with Crippen molar-refractivity contribution in [1.82, 2.24) is 4.98 Å². The van der Waals surface area contributed by atoms with Gasteiger partial charge in [-0.05, 0) is 12.1 Å². The van der Waals surface area contributed by atoms with Crippen LogP contribution in [0.3, 0.4) is 0 Å². The number of carbonyl (C=O) groups excluding carboxylic acids is 1. The minimum absolute atomic E-state index is 0.334. The van der Waals surface area contributed by atoms with Crippen molar-refractivity contribution in [2.24, 2.45) is 5.73 Å². The number of hydrogen-bond donors (Lipinski definition) is 1. The molecule has 0 aliphatic heterocycles. The molecule has 1 aromatic heterocycles. The zero-order valence-electron chi connectivity index (χ0n) is 8.35. The van der Waals surface area contributed by atoms with E-state index >= 15 is 0 Å². The van der Waals surface area contributed by atoms with Gasteiger partial charge in [-0.3, -0.25) is 9.78 Å². The van der Waals surface area contributed by atoms with E-state index in [2.05, 4.69) is 4.98 Å². The molecule has 0 radical (unpaired) electrons. The standard InChI is InChI=1S/C12H9FN2O/c13-8-5-6-15-11(7-8)9-3-1-2-4-10(9)12(14)16/h1-7H,(H2,14,16). The summed E-state index contributed by atoms with van der Waals surface area (Å²) < 4.78 is 13.0. The van der Waals surface area contributed by atoms with Crippen LogP contribution in [-0.2, 0) is 0 Å². The molecule has 0 bridgehead atoms. The molecule has 3 nitrogen and oxygen atoms in total. The van der Waals surface area contributed by atoms with E-state index in [9.17, 15) is 9.18 Å². The fourth-order valence-electron chi connectivity index (χ4n) is 1.47. The largest absolute Gasteiger partial charge is 0.366 e. The number of benzene rings is 1. The normalized spacial score (nSPS) is 10.1. The second-order valence-corrected chi connectivity index (χ2v) is 3.27. The molecule has 80 valence electrons. The Hall–Kier alpha value is -2.23. The van der Waals surface area contributed by atoms with Crippen LogP contribution in [0.1, 0.15) is 10.4 Å². The van der Waals surface area contributed by atoms with E-state index in [-0.39, 0.29) is 0 Å². The van der Waals surface area contributed by atoms with E-state index in [4.69, 9.17) is 5.73 Å². The van der Waals surface area contributed by atoms with Gasteiger partial charge in [0.1, 0.15) is 5.82 Å². The predicted octanol–water partition coefficient (Wildman–Crippen LogP) is 1.99. The maximum Gasteiger partial charge on any atom is 0.249 e. The molecule has 2 aromatic rings. The summed E-state index contributed by atoms with van der Waals surface area (Å²) in [5, 5.41) is 0. The van der Waals surface area contributed by atoms with Crippen molar-refractivity contribution in [2.45, 2.75) is 0 Å². The van der Waals surface area contributed by atoms with Gasteiger partial charge in [0.25, 0.3) is 0 Å². The van der Waals surface area contributed by atoms with Crippen LogP contribution in [0.5, 0.6) is 0 Å². The lowest BCUT2D eigenvalue weighted by atomic mass is 10.0. The van der Waals surface area contributed by atoms with Crippen molar-refractivity contribution in [3.63, 3.8) is 0 Å². The number of rotatable bonds is 2. The SMILES string of the molecule is NC(=O)c1ccccc1-c1cc(F)ccn1. The highest BCUT2D eigenvalue weighted by Gasteiger charge is 2.10. The number of primary amides is 1. The molecule has 4 heteroatoms. The first-order valence-corrected chi connectivity index (χ1v) is 4.69. The zero-order valence-corrected chi connectivity index (χ0v) is 8.35. The van der Waals surface area contributed by atoms with Gasteiger partial charge in [0.2, 0.25) is 5.91 Å². The molecule has 1 heterocycles. The molecule has 1 amide bonds. The van der Waals surface area contributed by atoms with Crippen molar-refractivity contribution >= 4 is 5.91 Å². The summed E-state index contributed by atoms with van der Waals surface area (Å²) in [5.74, 6) is -0.953. The number of aromatic nitrogens is 1. The molecule has 0 fully saturated rings. The van der Waals surface area contributed by atoms with E-state index in [0.29, 0.717) is 16.8 Å². The number of nitrogens with zero attached hydrogens (tertiary/aromatic N) is 1. The van der Waals surface area contributed by atoms with Gasteiger partial charge in [0.15, 0.2) is 0 Å². The van der Waals surface area contributed by atoms with Gasteiger partial charge in [0, 0.05) is 23.4 Å². The average Bonchev–Trinajstić information content (AvgIpc) is 2.29. The first-order chi connectivity index (χ1) is 7.68. The zero-order chi connectivity index (χ0) is 11.5. The Bertz CT molecular complexity index is 540. The smallest absolute Gasteiger partial charge is 0.249 e. The van der Waals surface area contributed by atoms with Crippen LogP contribution < -0.4 is 5.73 Å². The molecule has 0 aliphatic rings. The highest BCUT2D eigenvalue weighted by atomic mass is 19.1. The highest BCUT2D eigenvalue weighted by molar-refractivity contribution is 5.99. The fourth-order valence-corrected chi connectivity index (χ4v) is 1.47. The molecule has 0 atom stereocenters. The van der Waals surface area contributed by atoms with Gasteiger partial charge >= 0.3 is 0 Å². The molecule has 0 spiro atoms. The second-order valence-electron chi connectivity index (χ2n) is 3.27. The van der Waals surface area contributed by atoms with Crippen LogP contribution in [0.2, 0.25) is 0 Å². The predicted molar refractivity (Wildman–Crippen MR) is 58.1 cm³/mol. The van der Waals surface area contributed by atoms with E-state index in [1.54, 1.807) is 24.3 Å². The van der Waals surface area contributed by atoms with E-state index < -0.39 is 11.7 Å². The lowest BCUT2D eigenvalue weighted by molar-refractivity contribution is 0.100. The van der Waals surface area contributed by atoms with E-state index in [1.165, 1.54) is 18.3 Å². The lowest BCUT2D eigenvalue weighted by Crippen LogP contribution is -2.12. The number of halogens is 1. The highest BCUT2D eigenvalue weighted by Crippen LogP contribution is 2.21. The Morgan fingerprint density at radius 1 is 1.25 bits per heavy atom. The molecule has 2 rings (SSSR count). The van der Waals surface area contributed by atoms with Crippen LogP contribution in [-0.4, -0.2) is 10.9 Å². The number of hydrogen-bond acceptors (Lipinski definition) is 2. The van der Waals surface area contributed by atoms with Crippen molar-refractivity contribution in [1.29, 1.82) is 0 Å². The number of carbonyl (C=O) groups is 1. The third-order valence-electron chi connectivity index (χ3n) is 2.19. The Kier molecular flexibility index (Phi) is 2.64. The molecule has 0 unspecified atom stereocenters. The molecule has 2 N–H and O–H groups in total. The summed E-state index contributed by atoms with van der Waals surface area (Å²) in [5.41, 5.74) is 6.50. The van der Waals surface area contributed by atoms with Crippen LogP contribution in [0.25, 0.3) is 11.3 Å². The molecule has 0 aliphatic carbocycles. The van der Waals surface area contributed by atoms with Gasteiger partial charge < -0.3 is 5.73 Å². The van der Waals surface area contributed by atoms with Gasteiger partial charge in [-0.1, -0.05) is 18.2 Å². The van der Waals surface area contributed by atoms with Crippen molar-refractivity contribution in [3.05, 3.63) is 54.0 Å². The van der Waals surface area contributed by atoms with Crippen molar-refractivity contribution in [3.8, 4) is 11.3 Å². The molecule has 16 heavy (non-hydrogen) atoms. The third kappa shape index (κ3) is 1.91. The van der Waals surface area contributed by atoms with Crippen LogP contribution in [0.15, 0.2) is 42.6 Å². The average molecular weight is 216 g/mol. The Labute approximate surface area is 91.7 Å². The summed E-state index contributed by atoms with van der Waals surface area (Å²) in [4.78, 5) is 15.2. The van der Waals surface area contributed by atoms with Crippen molar-refractivity contribution in [2.75, 3.05) is 0 Å². The van der Waals surface area contributed by atoms with Crippen molar-refractivity contribution < 1.29 is 9.18 Å². The molecule has 0 saturated carbocycles. The second kappa shape index (κ2) is 4.10. The van der Waals surface area contributed by atoms with Gasteiger partial charge in [-0.15, -0.1) is 0 Å². The van der Waals surface area contributed by atoms with Crippen LogP contribution in [0, 0.1) is 5.82 Å². The van der Waals surface area contributed by atoms with Crippen LogP contribution >= 0.6 is 0 Å². The Morgan fingerprint density at radius 2 is 2.00 bits per heavy atom. The first-order valence-electron chi connectivity index (χ1n) is 4.69. The van der Waals surface area contributed by atoms with Gasteiger partial charge in [-0.25, -0.2) is 4.39 Å². The minimum Gasteiger partial charge on any atom is -0.366 e. The molecule has 1 aromatic carbocycles. The quantitative estimate of drug-likeness (QED) is 0.834. The summed E-state index contributed by atoms with van der Waals surface area (Å²) in [6, 6.07) is 9.22.